The van der Waals surface area contributed by atoms with Crippen LogP contribution in [0.5, 0.6) is 0 Å². The lowest BCUT2D eigenvalue weighted by atomic mass is 10.0. The number of aromatic nitrogens is 4. The maximum atomic E-state index is 6.73. The van der Waals surface area contributed by atoms with E-state index in [9.17, 15) is 0 Å². The van der Waals surface area contributed by atoms with Gasteiger partial charge < -0.3 is 8.98 Å². The smallest absolute Gasteiger partial charge is 0.164 e. The molecule has 0 aliphatic carbocycles. The van der Waals surface area contributed by atoms with Crippen LogP contribution in [-0.4, -0.2) is 19.5 Å². The molecule has 0 saturated carbocycles. The molecule has 13 rings (SSSR count). The summed E-state index contributed by atoms with van der Waals surface area (Å²) >= 11 is 1.80. The molecular weight excluding hydrogens is 765 g/mol. The molecule has 4 aromatic heterocycles. The number of fused-ring (bicyclic) bond motifs is 10. The van der Waals surface area contributed by atoms with Crippen LogP contribution in [0.25, 0.3) is 126 Å². The van der Waals surface area contributed by atoms with Crippen LogP contribution < -0.4 is 0 Å². The van der Waals surface area contributed by atoms with Crippen LogP contribution in [0.4, 0.5) is 0 Å². The van der Waals surface area contributed by atoms with E-state index in [-0.39, 0.29) is 0 Å². The van der Waals surface area contributed by atoms with E-state index in [2.05, 4.69) is 180 Å². The lowest BCUT2D eigenvalue weighted by Gasteiger charge is -2.13. The molecule has 0 spiro atoms. The number of hydrogen-bond acceptors (Lipinski definition) is 5. The first kappa shape index (κ1) is 34.0. The summed E-state index contributed by atoms with van der Waals surface area (Å²) in [5.74, 6) is 1.78. The molecule has 0 aliphatic heterocycles. The average molecular weight is 797 g/mol. The van der Waals surface area contributed by atoms with Crippen molar-refractivity contribution in [1.82, 2.24) is 19.5 Å². The Labute approximate surface area is 353 Å². The first-order valence-electron chi connectivity index (χ1n) is 20.4. The Bertz CT molecular complexity index is 3880. The minimum atomic E-state index is 0.567. The summed E-state index contributed by atoms with van der Waals surface area (Å²) in [6, 6.07) is 68.6. The van der Waals surface area contributed by atoms with Crippen LogP contribution >= 0.6 is 11.3 Å². The lowest BCUT2D eigenvalue weighted by Crippen LogP contribution is -2.01. The van der Waals surface area contributed by atoms with Gasteiger partial charge in [0.05, 0.1) is 22.1 Å². The summed E-state index contributed by atoms with van der Waals surface area (Å²) in [6.07, 6.45) is 0. The fourth-order valence-electron chi connectivity index (χ4n) is 9.12. The van der Waals surface area contributed by atoms with Gasteiger partial charge in [-0.15, -0.1) is 11.3 Å². The van der Waals surface area contributed by atoms with E-state index in [1.807, 2.05) is 18.2 Å². The zero-order valence-corrected chi connectivity index (χ0v) is 33.4. The van der Waals surface area contributed by atoms with E-state index in [4.69, 9.17) is 19.4 Å². The number of para-hydroxylation sites is 2. The predicted molar refractivity (Wildman–Crippen MR) is 254 cm³/mol. The molecular formula is C55H32N4OS. The summed E-state index contributed by atoms with van der Waals surface area (Å²) < 4.78 is 11.6. The fraction of sp³-hybridized carbons (Fsp3) is 0. The highest BCUT2D eigenvalue weighted by molar-refractivity contribution is 7.25. The molecule has 13 aromatic rings. The topological polar surface area (TPSA) is 56.7 Å². The van der Waals surface area contributed by atoms with Crippen molar-refractivity contribution in [2.45, 2.75) is 0 Å². The molecule has 0 radical (unpaired) electrons. The van der Waals surface area contributed by atoms with Crippen molar-refractivity contribution in [3.8, 4) is 51.0 Å². The molecule has 0 N–H and O–H groups in total. The van der Waals surface area contributed by atoms with Gasteiger partial charge in [-0.3, -0.25) is 0 Å². The second kappa shape index (κ2) is 13.3. The van der Waals surface area contributed by atoms with Crippen LogP contribution in [-0.2, 0) is 0 Å². The maximum absolute atomic E-state index is 6.73. The predicted octanol–water partition coefficient (Wildman–Crippen LogP) is 15.1. The maximum Gasteiger partial charge on any atom is 0.164 e. The Morgan fingerprint density at radius 2 is 0.967 bits per heavy atom. The average Bonchev–Trinajstić information content (AvgIpc) is 4.00. The molecule has 9 aromatic carbocycles. The number of thiophene rings is 1. The van der Waals surface area contributed by atoms with Crippen LogP contribution in [0.3, 0.4) is 0 Å². The summed E-state index contributed by atoms with van der Waals surface area (Å²) in [5.41, 5.74) is 9.80. The van der Waals surface area contributed by atoms with Crippen LogP contribution in [0.15, 0.2) is 199 Å². The monoisotopic (exact) mass is 796 g/mol. The van der Waals surface area contributed by atoms with Crippen LogP contribution in [0.2, 0.25) is 0 Å². The van der Waals surface area contributed by atoms with Crippen molar-refractivity contribution < 1.29 is 4.42 Å². The van der Waals surface area contributed by atoms with E-state index >= 15 is 0 Å². The van der Waals surface area contributed by atoms with E-state index in [0.717, 1.165) is 66.5 Å². The minimum Gasteiger partial charge on any atom is -0.456 e. The Balaban J connectivity index is 1.08. The quantitative estimate of drug-likeness (QED) is 0.174. The van der Waals surface area contributed by atoms with Crippen molar-refractivity contribution in [1.29, 1.82) is 0 Å². The second-order valence-electron chi connectivity index (χ2n) is 15.6. The molecule has 284 valence electrons. The van der Waals surface area contributed by atoms with Crippen LogP contribution in [0.1, 0.15) is 0 Å². The van der Waals surface area contributed by atoms with Gasteiger partial charge in [-0.1, -0.05) is 133 Å². The Kier molecular flexibility index (Phi) is 7.41. The molecule has 0 bridgehead atoms. The summed E-state index contributed by atoms with van der Waals surface area (Å²) in [7, 11) is 0. The number of furan rings is 1. The van der Waals surface area contributed by atoms with Gasteiger partial charge in [0.2, 0.25) is 0 Å². The molecule has 6 heteroatoms. The molecule has 5 nitrogen and oxygen atoms in total. The highest BCUT2D eigenvalue weighted by atomic mass is 32.1. The first-order valence-corrected chi connectivity index (χ1v) is 21.2. The van der Waals surface area contributed by atoms with Gasteiger partial charge in [0.25, 0.3) is 0 Å². The molecule has 0 fully saturated rings. The molecule has 0 atom stereocenters. The molecule has 0 aliphatic rings. The third kappa shape index (κ3) is 5.43. The van der Waals surface area contributed by atoms with Gasteiger partial charge in [0.1, 0.15) is 11.2 Å². The second-order valence-corrected chi connectivity index (χ2v) is 16.7. The third-order valence-electron chi connectivity index (χ3n) is 12.0. The minimum absolute atomic E-state index is 0.567. The fourth-order valence-corrected chi connectivity index (χ4v) is 10.2. The molecule has 0 amide bonds. The van der Waals surface area contributed by atoms with Gasteiger partial charge in [0.15, 0.2) is 17.5 Å². The van der Waals surface area contributed by atoms with Crippen molar-refractivity contribution in [3.63, 3.8) is 0 Å². The summed E-state index contributed by atoms with van der Waals surface area (Å²) in [6.45, 7) is 0. The number of nitrogens with zero attached hydrogens (tertiary/aromatic N) is 4. The highest BCUT2D eigenvalue weighted by Gasteiger charge is 2.22. The van der Waals surface area contributed by atoms with Gasteiger partial charge in [-0.2, -0.15) is 0 Å². The molecule has 0 unspecified atom stereocenters. The van der Waals surface area contributed by atoms with Gasteiger partial charge in [-0.25, -0.2) is 15.0 Å². The number of rotatable bonds is 5. The SMILES string of the molecule is c1ccc(-c2ccc(-c3nc(-c4cc(-n5c6ccccc6c6cc7ccccc7cc65)c5c(c4)oc4ccccc45)nc(-c4ccc5sc6ccccc6c5c4)n3)cc2)cc1. The zero-order chi connectivity index (χ0) is 40.0. The molecule has 61 heavy (non-hydrogen) atoms. The normalized spacial score (nSPS) is 11.9. The number of hydrogen-bond donors (Lipinski definition) is 0. The van der Waals surface area contributed by atoms with Crippen molar-refractivity contribution >= 4 is 86.0 Å². The van der Waals surface area contributed by atoms with E-state index in [1.54, 1.807) is 11.3 Å². The summed E-state index contributed by atoms with van der Waals surface area (Å²) in [5, 5.41) is 9.29. The highest BCUT2D eigenvalue weighted by Crippen LogP contribution is 2.42. The van der Waals surface area contributed by atoms with Crippen molar-refractivity contribution in [2.75, 3.05) is 0 Å². The van der Waals surface area contributed by atoms with Crippen molar-refractivity contribution in [2.24, 2.45) is 0 Å². The lowest BCUT2D eigenvalue weighted by molar-refractivity contribution is 0.669. The first-order chi connectivity index (χ1) is 30.2. The van der Waals surface area contributed by atoms with Crippen molar-refractivity contribution in [3.05, 3.63) is 194 Å². The number of benzene rings is 9. The largest absolute Gasteiger partial charge is 0.456 e. The Morgan fingerprint density at radius 1 is 0.361 bits per heavy atom. The van der Waals surface area contributed by atoms with E-state index in [1.165, 1.54) is 41.7 Å². The van der Waals surface area contributed by atoms with Gasteiger partial charge in [0, 0.05) is 53.0 Å². The molecule has 0 saturated heterocycles. The van der Waals surface area contributed by atoms with E-state index < -0.39 is 0 Å². The third-order valence-corrected chi connectivity index (χ3v) is 13.2. The summed E-state index contributed by atoms with van der Waals surface area (Å²) in [4.78, 5) is 15.8. The Hall–Kier alpha value is -7.93. The Morgan fingerprint density at radius 3 is 1.80 bits per heavy atom. The standard InChI is InChI=1S/C55H32N4OS/c1-2-12-33(13-3-1)34-22-24-35(25-23-34)53-56-54(38-26-27-51-44(29-38)41-17-8-11-21-50(41)61-51)58-55(57-53)39-31-47(52-42-18-7-10-20-48(42)60-49(52)32-39)59-45-19-9-6-16-40(45)43-28-36-14-4-5-15-37(36)30-46(43)59/h1-32H. The molecule has 4 heterocycles. The van der Waals surface area contributed by atoms with Gasteiger partial charge >= 0.3 is 0 Å². The zero-order valence-electron chi connectivity index (χ0n) is 32.6. The van der Waals surface area contributed by atoms with Gasteiger partial charge in [-0.05, 0) is 82.6 Å². The van der Waals surface area contributed by atoms with E-state index in [0.29, 0.717) is 17.5 Å². The van der Waals surface area contributed by atoms with Crippen LogP contribution in [0, 0.1) is 0 Å².